The lowest BCUT2D eigenvalue weighted by atomic mass is 10.1. The lowest BCUT2D eigenvalue weighted by molar-refractivity contribution is 0.0370. The highest BCUT2D eigenvalue weighted by molar-refractivity contribution is 7.50. The van der Waals surface area contributed by atoms with Crippen LogP contribution in [0.4, 0.5) is 0 Å². The van der Waals surface area contributed by atoms with Gasteiger partial charge in [0.05, 0.1) is 5.56 Å². The first-order valence-electron chi connectivity index (χ1n) is 9.72. The molecule has 138 valence electrons. The van der Waals surface area contributed by atoms with E-state index in [1.165, 1.54) is 19.7 Å². The maximum atomic E-state index is 12.7. The van der Waals surface area contributed by atoms with Gasteiger partial charge >= 0.3 is 5.97 Å². The Morgan fingerprint density at radius 3 is 2.50 bits per heavy atom. The third-order valence-electron chi connectivity index (χ3n) is 5.28. The topological polar surface area (TPSA) is 26.3 Å². The van der Waals surface area contributed by atoms with E-state index < -0.39 is 0 Å². The Hall–Kier alpha value is -2.91. The van der Waals surface area contributed by atoms with Crippen LogP contribution in [-0.2, 0) is 4.74 Å². The van der Waals surface area contributed by atoms with Gasteiger partial charge in [0.25, 0.3) is 0 Å². The molecule has 0 saturated heterocycles. The summed E-state index contributed by atoms with van der Waals surface area (Å²) in [5.41, 5.74) is 0.631. The fraction of sp³-hybridized carbons (Fsp3) is 0.160. The third-order valence-corrected chi connectivity index (χ3v) is 7.62. The van der Waals surface area contributed by atoms with Crippen LogP contribution in [0.1, 0.15) is 29.6 Å². The Morgan fingerprint density at radius 1 is 0.893 bits per heavy atom. The molecule has 1 aliphatic carbocycles. The molecule has 4 aromatic rings. The Kier molecular flexibility index (Phi) is 4.46. The van der Waals surface area contributed by atoms with Gasteiger partial charge in [-0.2, -0.15) is 0 Å². The fourth-order valence-corrected chi connectivity index (χ4v) is 6.31. The standard InChI is InChI=1S/C25H21O2S/c26-25(27-19-9-3-1-4-10-19)18-15-16-24-22(17-18)21-13-7-8-14-23(21)28(24)20-11-5-2-6-12-20/h2-3,5-9,11-17,19H,1,4,10H2/q+1. The van der Waals surface area contributed by atoms with Crippen LogP contribution in [0.5, 0.6) is 0 Å². The predicted octanol–water partition coefficient (Wildman–Crippen LogP) is 7.00. The summed E-state index contributed by atoms with van der Waals surface area (Å²) in [6.45, 7) is 0. The van der Waals surface area contributed by atoms with E-state index >= 15 is 0 Å². The van der Waals surface area contributed by atoms with Crippen molar-refractivity contribution in [3.8, 4) is 4.90 Å². The zero-order valence-electron chi connectivity index (χ0n) is 15.5. The van der Waals surface area contributed by atoms with E-state index in [4.69, 9.17) is 4.74 Å². The highest BCUT2D eigenvalue weighted by atomic mass is 32.2. The molecule has 3 heteroatoms. The van der Waals surface area contributed by atoms with Gasteiger partial charge < -0.3 is 4.74 Å². The SMILES string of the molecule is O=C(OC1C=CCCC1)c1ccc2c(c1)c1ccccc1[s+]2-c1ccccc1. The number of benzene rings is 3. The Balaban J connectivity index is 1.62. The smallest absolute Gasteiger partial charge is 0.338 e. The Labute approximate surface area is 167 Å². The van der Waals surface area contributed by atoms with Gasteiger partial charge in [0, 0.05) is 21.2 Å². The van der Waals surface area contributed by atoms with Gasteiger partial charge in [0.1, 0.15) is 6.10 Å². The highest BCUT2D eigenvalue weighted by Crippen LogP contribution is 2.48. The number of carbonyl (C=O) groups is 1. The van der Waals surface area contributed by atoms with Crippen LogP contribution in [0.2, 0.25) is 0 Å². The predicted molar refractivity (Wildman–Crippen MR) is 117 cm³/mol. The van der Waals surface area contributed by atoms with Crippen molar-refractivity contribution in [2.45, 2.75) is 25.4 Å². The van der Waals surface area contributed by atoms with E-state index in [0.717, 1.165) is 24.6 Å². The number of hydrogen-bond acceptors (Lipinski definition) is 2. The summed E-state index contributed by atoms with van der Waals surface area (Å²) in [7, 11) is -0.132. The number of carbonyl (C=O) groups excluding carboxylic acids is 1. The molecule has 0 fully saturated rings. The summed E-state index contributed by atoms with van der Waals surface area (Å²) in [4.78, 5) is 14.0. The van der Waals surface area contributed by atoms with Crippen molar-refractivity contribution in [3.63, 3.8) is 0 Å². The number of hydrogen-bond donors (Lipinski definition) is 0. The number of fused-ring (bicyclic) bond motifs is 3. The van der Waals surface area contributed by atoms with Crippen molar-refractivity contribution in [1.29, 1.82) is 0 Å². The molecular weight excluding hydrogens is 364 g/mol. The van der Waals surface area contributed by atoms with Crippen molar-refractivity contribution >= 4 is 36.6 Å². The first kappa shape index (κ1) is 17.2. The monoisotopic (exact) mass is 385 g/mol. The first-order chi connectivity index (χ1) is 13.8. The van der Waals surface area contributed by atoms with Gasteiger partial charge in [-0.1, -0.05) is 36.4 Å². The average molecular weight is 386 g/mol. The van der Waals surface area contributed by atoms with Crippen molar-refractivity contribution in [2.75, 3.05) is 0 Å². The van der Waals surface area contributed by atoms with Crippen LogP contribution >= 0.6 is 10.5 Å². The molecule has 0 bridgehead atoms. The van der Waals surface area contributed by atoms with Crippen molar-refractivity contribution in [3.05, 3.63) is 90.5 Å². The van der Waals surface area contributed by atoms with Crippen LogP contribution in [0.25, 0.3) is 25.1 Å². The molecule has 3 aromatic carbocycles. The van der Waals surface area contributed by atoms with Crippen LogP contribution in [0.3, 0.4) is 0 Å². The van der Waals surface area contributed by atoms with E-state index in [0.29, 0.717) is 5.56 Å². The summed E-state index contributed by atoms with van der Waals surface area (Å²) in [5, 5.41) is 2.37. The normalized spacial score (nSPS) is 17.1. The minimum atomic E-state index is -0.233. The van der Waals surface area contributed by atoms with Crippen LogP contribution in [0, 0.1) is 0 Å². The lowest BCUT2D eigenvalue weighted by Gasteiger charge is -2.17. The second kappa shape index (κ2) is 7.25. The molecule has 2 unspecified atom stereocenters. The molecule has 0 radical (unpaired) electrons. The molecular formula is C25H21O2S+. The minimum absolute atomic E-state index is 0.0965. The summed E-state index contributed by atoms with van der Waals surface area (Å²) in [6.07, 6.45) is 7.08. The van der Waals surface area contributed by atoms with Crippen molar-refractivity contribution in [1.82, 2.24) is 0 Å². The van der Waals surface area contributed by atoms with Crippen LogP contribution in [-0.4, -0.2) is 12.1 Å². The van der Waals surface area contributed by atoms with Gasteiger partial charge in [-0.15, -0.1) is 0 Å². The fourth-order valence-electron chi connectivity index (χ4n) is 3.93. The van der Waals surface area contributed by atoms with Crippen LogP contribution in [0.15, 0.2) is 84.9 Å². The van der Waals surface area contributed by atoms with Gasteiger partial charge in [-0.05, 0) is 67.8 Å². The molecule has 0 saturated carbocycles. The molecule has 1 heterocycles. The number of ether oxygens (including phenoxy) is 1. The van der Waals surface area contributed by atoms with E-state index in [-0.39, 0.29) is 22.5 Å². The molecule has 2 nitrogen and oxygen atoms in total. The molecule has 0 amide bonds. The van der Waals surface area contributed by atoms with E-state index in [9.17, 15) is 4.79 Å². The molecule has 28 heavy (non-hydrogen) atoms. The Bertz CT molecular complexity index is 1190. The van der Waals surface area contributed by atoms with Gasteiger partial charge in [-0.25, -0.2) is 4.79 Å². The molecule has 5 rings (SSSR count). The van der Waals surface area contributed by atoms with E-state index in [1.54, 1.807) is 0 Å². The molecule has 0 N–H and O–H groups in total. The molecule has 0 spiro atoms. The van der Waals surface area contributed by atoms with Crippen molar-refractivity contribution < 1.29 is 9.53 Å². The summed E-state index contributed by atoms with van der Waals surface area (Å²) in [6, 6.07) is 25.2. The maximum absolute atomic E-state index is 12.7. The number of thiophene rings is 1. The van der Waals surface area contributed by atoms with Crippen LogP contribution < -0.4 is 0 Å². The first-order valence-corrected chi connectivity index (χ1v) is 10.9. The van der Waals surface area contributed by atoms with E-state index in [1.807, 2.05) is 18.2 Å². The Morgan fingerprint density at radius 2 is 1.68 bits per heavy atom. The summed E-state index contributed by atoms with van der Waals surface area (Å²) in [5.74, 6) is -0.233. The summed E-state index contributed by atoms with van der Waals surface area (Å²) >= 11 is 0. The third kappa shape index (κ3) is 3.02. The van der Waals surface area contributed by atoms with Gasteiger partial charge in [0.2, 0.25) is 0 Å². The number of allylic oxidation sites excluding steroid dienone is 1. The van der Waals surface area contributed by atoms with Gasteiger partial charge in [-0.3, -0.25) is 0 Å². The van der Waals surface area contributed by atoms with Crippen molar-refractivity contribution in [2.24, 2.45) is 0 Å². The molecule has 1 aromatic heterocycles. The zero-order valence-corrected chi connectivity index (χ0v) is 16.3. The molecule has 2 atom stereocenters. The largest absolute Gasteiger partial charge is 0.455 e. The van der Waals surface area contributed by atoms with E-state index in [2.05, 4.69) is 66.7 Å². The lowest BCUT2D eigenvalue weighted by Crippen LogP contribution is -2.17. The minimum Gasteiger partial charge on any atom is -0.455 e. The number of esters is 1. The molecule has 0 aliphatic heterocycles. The second-order valence-electron chi connectivity index (χ2n) is 7.13. The highest BCUT2D eigenvalue weighted by Gasteiger charge is 2.25. The van der Waals surface area contributed by atoms with Gasteiger partial charge in [0.15, 0.2) is 14.3 Å². The summed E-state index contributed by atoms with van der Waals surface area (Å²) < 4.78 is 8.32. The second-order valence-corrected chi connectivity index (χ2v) is 9.09. The average Bonchev–Trinajstić information content (AvgIpc) is 3.09. The zero-order chi connectivity index (χ0) is 18.9. The number of rotatable bonds is 3. The quantitative estimate of drug-likeness (QED) is 0.216. The maximum Gasteiger partial charge on any atom is 0.338 e. The molecule has 1 aliphatic rings.